The molecule has 3 rings (SSSR count). The highest BCUT2D eigenvalue weighted by molar-refractivity contribution is 7.20. The summed E-state index contributed by atoms with van der Waals surface area (Å²) in [5.41, 5.74) is 1.27. The summed E-state index contributed by atoms with van der Waals surface area (Å²) in [6, 6.07) is 0.453. The van der Waals surface area contributed by atoms with E-state index in [1.54, 1.807) is 11.3 Å². The fraction of sp³-hybridized carbons (Fsp3) is 0.500. The SMILES string of the molecule is CCNC1CCCc2sc(-c3nccs3)nc21. The van der Waals surface area contributed by atoms with Gasteiger partial charge in [-0.3, -0.25) is 0 Å². The second kappa shape index (κ2) is 4.84. The van der Waals surface area contributed by atoms with E-state index in [-0.39, 0.29) is 0 Å². The van der Waals surface area contributed by atoms with Crippen LogP contribution in [0.5, 0.6) is 0 Å². The van der Waals surface area contributed by atoms with Crippen molar-refractivity contribution in [1.29, 1.82) is 0 Å². The highest BCUT2D eigenvalue weighted by Gasteiger charge is 2.24. The number of nitrogens with one attached hydrogen (secondary N) is 1. The second-order valence-electron chi connectivity index (χ2n) is 4.17. The Balaban J connectivity index is 1.96. The van der Waals surface area contributed by atoms with Gasteiger partial charge in [-0.1, -0.05) is 6.92 Å². The van der Waals surface area contributed by atoms with Crippen molar-refractivity contribution in [3.05, 3.63) is 22.1 Å². The molecule has 0 saturated heterocycles. The first-order valence-electron chi connectivity index (χ1n) is 6.01. The summed E-state index contributed by atoms with van der Waals surface area (Å²) in [5.74, 6) is 0. The van der Waals surface area contributed by atoms with E-state index in [0.29, 0.717) is 6.04 Å². The molecular weight excluding hydrogens is 250 g/mol. The van der Waals surface area contributed by atoms with E-state index in [2.05, 4.69) is 17.2 Å². The summed E-state index contributed by atoms with van der Waals surface area (Å²) in [6.07, 6.45) is 5.51. The van der Waals surface area contributed by atoms with Crippen molar-refractivity contribution >= 4 is 22.7 Å². The second-order valence-corrected chi connectivity index (χ2v) is 6.15. The molecule has 1 N–H and O–H groups in total. The molecule has 2 aromatic rings. The zero-order valence-electron chi connectivity index (χ0n) is 9.77. The molecule has 0 amide bonds. The summed E-state index contributed by atoms with van der Waals surface area (Å²) in [6.45, 7) is 3.16. The lowest BCUT2D eigenvalue weighted by Crippen LogP contribution is -2.24. The molecule has 5 heteroatoms. The maximum absolute atomic E-state index is 4.80. The van der Waals surface area contributed by atoms with Crippen LogP contribution in [-0.4, -0.2) is 16.5 Å². The molecular formula is C12H15N3S2. The van der Waals surface area contributed by atoms with Crippen LogP contribution < -0.4 is 5.32 Å². The van der Waals surface area contributed by atoms with Crippen LogP contribution in [0.4, 0.5) is 0 Å². The van der Waals surface area contributed by atoms with Crippen LogP contribution in [0.1, 0.15) is 36.4 Å². The Labute approximate surface area is 109 Å². The van der Waals surface area contributed by atoms with Crippen molar-refractivity contribution in [3.63, 3.8) is 0 Å². The Morgan fingerprint density at radius 3 is 3.18 bits per heavy atom. The lowest BCUT2D eigenvalue weighted by molar-refractivity contribution is 0.465. The van der Waals surface area contributed by atoms with Gasteiger partial charge in [-0.2, -0.15) is 0 Å². The quantitative estimate of drug-likeness (QED) is 0.925. The number of fused-ring (bicyclic) bond motifs is 1. The average Bonchev–Trinajstić information content (AvgIpc) is 2.98. The minimum atomic E-state index is 0.453. The lowest BCUT2D eigenvalue weighted by Gasteiger charge is -2.21. The topological polar surface area (TPSA) is 37.8 Å². The molecule has 90 valence electrons. The number of aryl methyl sites for hydroxylation is 1. The highest BCUT2D eigenvalue weighted by atomic mass is 32.1. The van der Waals surface area contributed by atoms with Gasteiger partial charge in [0.15, 0.2) is 10.0 Å². The molecule has 3 nitrogen and oxygen atoms in total. The van der Waals surface area contributed by atoms with Gasteiger partial charge in [-0.15, -0.1) is 22.7 Å². The highest BCUT2D eigenvalue weighted by Crippen LogP contribution is 2.37. The van der Waals surface area contributed by atoms with Crippen molar-refractivity contribution in [2.45, 2.75) is 32.2 Å². The van der Waals surface area contributed by atoms with Crippen molar-refractivity contribution in [3.8, 4) is 10.0 Å². The summed E-state index contributed by atoms with van der Waals surface area (Å²) in [4.78, 5) is 10.6. The molecule has 2 aromatic heterocycles. The van der Waals surface area contributed by atoms with Gasteiger partial charge in [0, 0.05) is 16.5 Å². The lowest BCUT2D eigenvalue weighted by atomic mass is 9.98. The molecule has 0 aromatic carbocycles. The first-order valence-corrected chi connectivity index (χ1v) is 7.71. The summed E-state index contributed by atoms with van der Waals surface area (Å²) < 4.78 is 0. The van der Waals surface area contributed by atoms with Gasteiger partial charge in [0.1, 0.15) is 0 Å². The number of rotatable bonds is 3. The molecule has 0 radical (unpaired) electrons. The predicted octanol–water partition coefficient (Wildman–Crippen LogP) is 3.25. The molecule has 0 spiro atoms. The van der Waals surface area contributed by atoms with Gasteiger partial charge in [0.2, 0.25) is 0 Å². The van der Waals surface area contributed by atoms with E-state index < -0.39 is 0 Å². The minimum Gasteiger partial charge on any atom is -0.309 e. The normalized spacial score (nSPS) is 19.2. The van der Waals surface area contributed by atoms with E-state index in [1.165, 1.54) is 29.8 Å². The number of hydrogen-bond donors (Lipinski definition) is 1. The fourth-order valence-corrected chi connectivity index (χ4v) is 4.13. The van der Waals surface area contributed by atoms with Gasteiger partial charge in [0.05, 0.1) is 11.7 Å². The molecule has 0 bridgehead atoms. The molecule has 1 aliphatic carbocycles. The van der Waals surface area contributed by atoms with E-state index >= 15 is 0 Å². The summed E-state index contributed by atoms with van der Waals surface area (Å²) >= 11 is 3.49. The number of nitrogens with zero attached hydrogens (tertiary/aromatic N) is 2. The summed E-state index contributed by atoms with van der Waals surface area (Å²) in [7, 11) is 0. The third kappa shape index (κ3) is 2.14. The average molecular weight is 265 g/mol. The van der Waals surface area contributed by atoms with Gasteiger partial charge < -0.3 is 5.32 Å². The minimum absolute atomic E-state index is 0.453. The monoisotopic (exact) mass is 265 g/mol. The molecule has 0 saturated carbocycles. The largest absolute Gasteiger partial charge is 0.309 e. The third-order valence-corrected chi connectivity index (χ3v) is 5.07. The summed E-state index contributed by atoms with van der Waals surface area (Å²) in [5, 5.41) is 7.69. The molecule has 1 aliphatic rings. The Morgan fingerprint density at radius 1 is 1.47 bits per heavy atom. The first-order chi connectivity index (χ1) is 8.38. The van der Waals surface area contributed by atoms with Crippen molar-refractivity contribution in [2.24, 2.45) is 0 Å². The Kier molecular flexibility index (Phi) is 3.22. The molecule has 1 atom stereocenters. The fourth-order valence-electron chi connectivity index (χ4n) is 2.28. The number of hydrogen-bond acceptors (Lipinski definition) is 5. The molecule has 2 heterocycles. The van der Waals surface area contributed by atoms with E-state index in [0.717, 1.165) is 16.6 Å². The van der Waals surface area contributed by atoms with Crippen LogP contribution in [0.25, 0.3) is 10.0 Å². The Hall–Kier alpha value is -0.780. The van der Waals surface area contributed by atoms with Gasteiger partial charge in [0.25, 0.3) is 0 Å². The standard InChI is InChI=1S/C12H15N3S2/c1-2-13-8-4-3-5-9-10(8)15-12(17-9)11-14-6-7-16-11/h6-8,13H,2-5H2,1H3. The zero-order valence-corrected chi connectivity index (χ0v) is 11.4. The van der Waals surface area contributed by atoms with Gasteiger partial charge >= 0.3 is 0 Å². The van der Waals surface area contributed by atoms with Gasteiger partial charge in [-0.25, -0.2) is 9.97 Å². The van der Waals surface area contributed by atoms with E-state index in [9.17, 15) is 0 Å². The van der Waals surface area contributed by atoms with E-state index in [1.807, 2.05) is 22.9 Å². The zero-order chi connectivity index (χ0) is 11.7. The van der Waals surface area contributed by atoms with Crippen molar-refractivity contribution in [2.75, 3.05) is 6.54 Å². The maximum Gasteiger partial charge on any atom is 0.152 e. The molecule has 0 aliphatic heterocycles. The van der Waals surface area contributed by atoms with Crippen LogP contribution in [0.15, 0.2) is 11.6 Å². The Bertz CT molecular complexity index is 490. The molecule has 1 unspecified atom stereocenters. The first kappa shape index (κ1) is 11.3. The van der Waals surface area contributed by atoms with Crippen LogP contribution in [-0.2, 0) is 6.42 Å². The number of thiazole rings is 2. The van der Waals surface area contributed by atoms with E-state index in [4.69, 9.17) is 4.98 Å². The third-order valence-electron chi connectivity index (χ3n) is 3.02. The number of aromatic nitrogens is 2. The molecule has 0 fully saturated rings. The van der Waals surface area contributed by atoms with Gasteiger partial charge in [-0.05, 0) is 25.8 Å². The van der Waals surface area contributed by atoms with Crippen LogP contribution >= 0.6 is 22.7 Å². The van der Waals surface area contributed by atoms with Crippen LogP contribution in [0.3, 0.4) is 0 Å². The van der Waals surface area contributed by atoms with Crippen molar-refractivity contribution in [1.82, 2.24) is 15.3 Å². The smallest absolute Gasteiger partial charge is 0.152 e. The van der Waals surface area contributed by atoms with Crippen LogP contribution in [0, 0.1) is 0 Å². The van der Waals surface area contributed by atoms with Crippen LogP contribution in [0.2, 0.25) is 0 Å². The molecule has 17 heavy (non-hydrogen) atoms. The predicted molar refractivity (Wildman–Crippen MR) is 72.6 cm³/mol. The Morgan fingerprint density at radius 2 is 2.41 bits per heavy atom. The van der Waals surface area contributed by atoms with Crippen molar-refractivity contribution < 1.29 is 0 Å². The maximum atomic E-state index is 4.80.